The highest BCUT2D eigenvalue weighted by molar-refractivity contribution is 5.75. The predicted molar refractivity (Wildman–Crippen MR) is 232 cm³/mol. The van der Waals surface area contributed by atoms with E-state index in [1.165, 1.54) is 135 Å². The van der Waals surface area contributed by atoms with E-state index in [2.05, 4.69) is 41.5 Å². The van der Waals surface area contributed by atoms with Crippen molar-refractivity contribution in [1.82, 2.24) is 0 Å². The van der Waals surface area contributed by atoms with Gasteiger partial charge >= 0.3 is 11.9 Å². The van der Waals surface area contributed by atoms with Crippen LogP contribution in [0.1, 0.15) is 202 Å². The third kappa shape index (κ3) is 6.57. The molecule has 4 nitrogen and oxygen atoms in total. The largest absolute Gasteiger partial charge is 0.459 e. The summed E-state index contributed by atoms with van der Waals surface area (Å²) in [7, 11) is 0. The van der Waals surface area contributed by atoms with Gasteiger partial charge in [-0.15, -0.1) is 0 Å². The van der Waals surface area contributed by atoms with Gasteiger partial charge in [-0.05, 0) is 224 Å². The molecule has 12 aliphatic carbocycles. The smallest absolute Gasteiger partial charge is 0.309 e. The van der Waals surface area contributed by atoms with Crippen LogP contribution in [-0.4, -0.2) is 23.1 Å². The van der Waals surface area contributed by atoms with E-state index in [0.717, 1.165) is 103 Å². The van der Waals surface area contributed by atoms with Gasteiger partial charge in [-0.1, -0.05) is 72.6 Å². The number of rotatable bonds is 10. The average Bonchev–Trinajstić information content (AvgIpc) is 4.08. The Balaban J connectivity index is 0.000000141. The maximum absolute atomic E-state index is 13.7. The van der Waals surface area contributed by atoms with Gasteiger partial charge < -0.3 is 9.47 Å². The fourth-order valence-corrected chi connectivity index (χ4v) is 20.1. The number of esters is 2. The van der Waals surface area contributed by atoms with Crippen molar-refractivity contribution in [2.24, 2.45) is 112 Å². The SMILES string of the molecule is CCC1CC(CC)C2C3CC(CC3C(=O)OC(C)(C)C34CC5CC(CC(C5)C3)C4)C12.CCC1CC(CC)C2C3CC(CC3C(=O)OC3(C4CCCCC4)CCCC3)C12. The molecule has 0 aromatic heterocycles. The molecule has 12 fully saturated rings. The maximum atomic E-state index is 13.7. The van der Waals surface area contributed by atoms with E-state index < -0.39 is 0 Å². The normalized spacial score (nSPS) is 49.2. The molecule has 326 valence electrons. The number of fused-ring (bicyclic) bond motifs is 10. The highest BCUT2D eigenvalue weighted by atomic mass is 16.6. The summed E-state index contributed by atoms with van der Waals surface area (Å²) in [5.41, 5.74) is -0.0954. The van der Waals surface area contributed by atoms with Crippen molar-refractivity contribution in [2.45, 2.75) is 213 Å². The summed E-state index contributed by atoms with van der Waals surface area (Å²) < 4.78 is 13.2. The predicted octanol–water partition coefficient (Wildman–Crippen LogP) is 13.6. The highest BCUT2D eigenvalue weighted by Crippen LogP contribution is 2.69. The van der Waals surface area contributed by atoms with Gasteiger partial charge in [0.05, 0.1) is 11.8 Å². The van der Waals surface area contributed by atoms with Gasteiger partial charge in [0.2, 0.25) is 0 Å². The van der Waals surface area contributed by atoms with E-state index in [0.29, 0.717) is 17.8 Å². The van der Waals surface area contributed by atoms with E-state index >= 15 is 0 Å². The summed E-state index contributed by atoms with van der Waals surface area (Å²) in [6, 6.07) is 0. The number of hydrogen-bond acceptors (Lipinski definition) is 4. The molecule has 8 bridgehead atoms. The standard InChI is InChI=1S/C28H44O2.C26H42O2/c1-5-19-10-20(6-2)25-22-11-21(24(19)25)12-23(22)26(29)30-27(3,4)28-13-16-7-17(14-28)9-18(8-16)15-28;1-3-17-14-18(4-2)24-21-15-19(23(17)24)16-22(21)25(27)28-26(12-8-9-13-26)20-10-6-5-7-11-20/h16-25H,5-15H2,1-4H3;17-24H,3-16H2,1-2H3. The van der Waals surface area contributed by atoms with Crippen LogP contribution in [0.15, 0.2) is 0 Å². The van der Waals surface area contributed by atoms with Gasteiger partial charge in [0, 0.05) is 5.41 Å². The van der Waals surface area contributed by atoms with Crippen molar-refractivity contribution in [3.63, 3.8) is 0 Å². The zero-order valence-electron chi connectivity index (χ0n) is 38.2. The lowest BCUT2D eigenvalue weighted by Crippen LogP contribution is -2.57. The van der Waals surface area contributed by atoms with Crippen molar-refractivity contribution >= 4 is 11.9 Å². The van der Waals surface area contributed by atoms with Crippen LogP contribution >= 0.6 is 0 Å². The molecule has 0 radical (unpaired) electrons. The van der Waals surface area contributed by atoms with Crippen LogP contribution < -0.4 is 0 Å². The molecule has 0 heterocycles. The summed E-state index contributed by atoms with van der Waals surface area (Å²) in [4.78, 5) is 27.2. The first-order chi connectivity index (χ1) is 28.0. The first kappa shape index (κ1) is 41.0. The molecular formula is C54H86O4. The second-order valence-electron chi connectivity index (χ2n) is 24.6. The number of ether oxygens (including phenoxy) is 2. The van der Waals surface area contributed by atoms with Crippen LogP contribution in [0.2, 0.25) is 0 Å². The molecule has 0 aliphatic heterocycles. The van der Waals surface area contributed by atoms with Crippen LogP contribution in [0, 0.1) is 112 Å². The lowest BCUT2D eigenvalue weighted by Gasteiger charge is -2.61. The summed E-state index contributed by atoms with van der Waals surface area (Å²) in [5.74, 6) is 14.2. The molecular weight excluding hydrogens is 713 g/mol. The van der Waals surface area contributed by atoms with Gasteiger partial charge in [-0.2, -0.15) is 0 Å². The molecule has 58 heavy (non-hydrogen) atoms. The number of carbonyl (C=O) groups excluding carboxylic acids is 2. The maximum Gasteiger partial charge on any atom is 0.309 e. The zero-order valence-corrected chi connectivity index (χ0v) is 38.2. The van der Waals surface area contributed by atoms with Crippen molar-refractivity contribution in [1.29, 1.82) is 0 Å². The average molecular weight is 799 g/mol. The lowest BCUT2D eigenvalue weighted by atomic mass is 9.46. The molecule has 12 rings (SSSR count). The molecule has 12 aliphatic rings. The zero-order chi connectivity index (χ0) is 40.1. The Morgan fingerprint density at radius 3 is 1.45 bits per heavy atom. The van der Waals surface area contributed by atoms with E-state index in [1.807, 2.05) is 0 Å². The Labute approximate surface area is 355 Å². The quantitative estimate of drug-likeness (QED) is 0.207. The molecule has 0 N–H and O–H groups in total. The molecule has 14 atom stereocenters. The van der Waals surface area contributed by atoms with Gasteiger partial charge in [-0.3, -0.25) is 9.59 Å². The summed E-state index contributed by atoms with van der Waals surface area (Å²) >= 11 is 0. The Morgan fingerprint density at radius 2 is 0.983 bits per heavy atom. The summed E-state index contributed by atoms with van der Waals surface area (Å²) in [6.07, 6.45) is 32.9. The van der Waals surface area contributed by atoms with Gasteiger partial charge in [0.25, 0.3) is 0 Å². The van der Waals surface area contributed by atoms with Crippen LogP contribution in [0.5, 0.6) is 0 Å². The molecule has 0 aromatic carbocycles. The first-order valence-electron chi connectivity index (χ1n) is 26.5. The minimum atomic E-state index is -0.285. The lowest BCUT2D eigenvalue weighted by molar-refractivity contribution is -0.204. The fourth-order valence-electron chi connectivity index (χ4n) is 20.1. The molecule has 0 amide bonds. The van der Waals surface area contributed by atoms with Crippen LogP contribution in [-0.2, 0) is 19.1 Å². The molecule has 12 saturated carbocycles. The highest BCUT2D eigenvalue weighted by Gasteiger charge is 2.64. The molecule has 0 spiro atoms. The van der Waals surface area contributed by atoms with E-state index in [-0.39, 0.29) is 40.4 Å². The number of carbonyl (C=O) groups is 2. The van der Waals surface area contributed by atoms with Crippen LogP contribution in [0.4, 0.5) is 0 Å². The molecule has 4 heteroatoms. The monoisotopic (exact) mass is 799 g/mol. The molecule has 0 saturated heterocycles. The summed E-state index contributed by atoms with van der Waals surface area (Å²) in [6.45, 7) is 14.1. The summed E-state index contributed by atoms with van der Waals surface area (Å²) in [5, 5.41) is 0. The van der Waals surface area contributed by atoms with Gasteiger partial charge in [0.1, 0.15) is 11.2 Å². The van der Waals surface area contributed by atoms with Gasteiger partial charge in [-0.25, -0.2) is 0 Å². The van der Waals surface area contributed by atoms with Crippen LogP contribution in [0.3, 0.4) is 0 Å². The van der Waals surface area contributed by atoms with Crippen LogP contribution in [0.25, 0.3) is 0 Å². The van der Waals surface area contributed by atoms with E-state index in [1.54, 1.807) is 0 Å². The van der Waals surface area contributed by atoms with Crippen molar-refractivity contribution < 1.29 is 19.1 Å². The van der Waals surface area contributed by atoms with Crippen molar-refractivity contribution in [2.75, 3.05) is 0 Å². The Morgan fingerprint density at radius 1 is 0.534 bits per heavy atom. The Kier molecular flexibility index (Phi) is 11.0. The minimum absolute atomic E-state index is 0.0788. The molecule has 0 aromatic rings. The van der Waals surface area contributed by atoms with Crippen molar-refractivity contribution in [3.8, 4) is 0 Å². The van der Waals surface area contributed by atoms with E-state index in [9.17, 15) is 9.59 Å². The Hall–Kier alpha value is -1.06. The second kappa shape index (κ2) is 15.6. The number of hydrogen-bond donors (Lipinski definition) is 0. The second-order valence-corrected chi connectivity index (χ2v) is 24.6. The third-order valence-electron chi connectivity index (χ3n) is 22.1. The fraction of sp³-hybridized carbons (Fsp3) is 0.963. The van der Waals surface area contributed by atoms with Gasteiger partial charge in [0.15, 0.2) is 0 Å². The molecule has 14 unspecified atom stereocenters. The van der Waals surface area contributed by atoms with E-state index in [4.69, 9.17) is 9.47 Å². The Bertz CT molecular complexity index is 1460. The topological polar surface area (TPSA) is 52.6 Å². The van der Waals surface area contributed by atoms with Crippen molar-refractivity contribution in [3.05, 3.63) is 0 Å². The minimum Gasteiger partial charge on any atom is -0.459 e. The first-order valence-corrected chi connectivity index (χ1v) is 26.5. The third-order valence-corrected chi connectivity index (χ3v) is 22.1.